The summed E-state index contributed by atoms with van der Waals surface area (Å²) in [4.78, 5) is -0.400. The highest BCUT2D eigenvalue weighted by molar-refractivity contribution is 7.90. The molecule has 25 heavy (non-hydrogen) atoms. The first-order chi connectivity index (χ1) is 11.8. The van der Waals surface area contributed by atoms with E-state index in [0.29, 0.717) is 27.4 Å². The van der Waals surface area contributed by atoms with Gasteiger partial charge in [0.1, 0.15) is 23.0 Å². The van der Waals surface area contributed by atoms with E-state index < -0.39 is 27.2 Å². The first-order valence-corrected chi connectivity index (χ1v) is 9.43. The summed E-state index contributed by atoms with van der Waals surface area (Å²) in [5.41, 5.74) is 1.71. The van der Waals surface area contributed by atoms with Crippen molar-refractivity contribution >= 4 is 21.4 Å². The lowest BCUT2D eigenvalue weighted by molar-refractivity contribution is 0.230. The summed E-state index contributed by atoms with van der Waals surface area (Å²) in [7, 11) is -3.68. The first-order valence-electron chi connectivity index (χ1n) is 7.16. The molecule has 5 nitrogen and oxygen atoms in total. The second-order valence-corrected chi connectivity index (χ2v) is 7.84. The molecule has 130 valence electrons. The maximum atomic E-state index is 14.3. The molecule has 0 aliphatic heterocycles. The summed E-state index contributed by atoms with van der Waals surface area (Å²) in [5, 5.41) is 13.9. The van der Waals surface area contributed by atoms with E-state index in [0.717, 1.165) is 12.3 Å². The third kappa shape index (κ3) is 3.44. The van der Waals surface area contributed by atoms with Gasteiger partial charge in [0.2, 0.25) is 0 Å². The average molecular weight is 382 g/mol. The van der Waals surface area contributed by atoms with Crippen LogP contribution in [0.25, 0.3) is 22.4 Å². The number of halogens is 2. The Kier molecular flexibility index (Phi) is 4.64. The molecule has 0 aliphatic carbocycles. The molecule has 1 aromatic heterocycles. The van der Waals surface area contributed by atoms with E-state index in [-0.39, 0.29) is 5.76 Å². The van der Waals surface area contributed by atoms with Crippen LogP contribution in [0.5, 0.6) is 0 Å². The van der Waals surface area contributed by atoms with E-state index in [1.807, 2.05) is 0 Å². The average Bonchev–Trinajstić information content (AvgIpc) is 2.97. The third-order valence-corrected chi connectivity index (χ3v) is 4.99. The van der Waals surface area contributed by atoms with E-state index in [2.05, 4.69) is 5.16 Å². The molecule has 0 amide bonds. The number of nitrogens with zero attached hydrogens (tertiary/aromatic N) is 1. The molecule has 3 aromatic rings. The van der Waals surface area contributed by atoms with Crippen molar-refractivity contribution in [3.63, 3.8) is 0 Å². The van der Waals surface area contributed by atoms with Gasteiger partial charge in [0.25, 0.3) is 0 Å². The first kappa shape index (κ1) is 17.6. The minimum absolute atomic E-state index is 0.140. The summed E-state index contributed by atoms with van der Waals surface area (Å²) >= 11 is 6.00. The van der Waals surface area contributed by atoms with Crippen molar-refractivity contribution in [3.8, 4) is 22.4 Å². The molecule has 0 saturated carbocycles. The summed E-state index contributed by atoms with van der Waals surface area (Å²) in [6.45, 7) is -0.446. The second kappa shape index (κ2) is 6.59. The Balaban J connectivity index is 2.21. The molecule has 0 aliphatic rings. The number of benzene rings is 2. The van der Waals surface area contributed by atoms with Gasteiger partial charge >= 0.3 is 0 Å². The van der Waals surface area contributed by atoms with Gasteiger partial charge < -0.3 is 9.63 Å². The van der Waals surface area contributed by atoms with Crippen LogP contribution in [0.3, 0.4) is 0 Å². The van der Waals surface area contributed by atoms with Crippen LogP contribution in [0, 0.1) is 5.82 Å². The second-order valence-electron chi connectivity index (χ2n) is 5.42. The van der Waals surface area contributed by atoms with Crippen LogP contribution in [0.2, 0.25) is 5.02 Å². The van der Waals surface area contributed by atoms with E-state index in [4.69, 9.17) is 16.1 Å². The molecule has 0 atom stereocenters. The number of sulfone groups is 1. The van der Waals surface area contributed by atoms with Gasteiger partial charge in [-0.25, -0.2) is 12.8 Å². The van der Waals surface area contributed by atoms with Gasteiger partial charge in [-0.05, 0) is 29.8 Å². The molecule has 0 saturated heterocycles. The Hall–Kier alpha value is -2.22. The Morgan fingerprint density at radius 3 is 2.56 bits per heavy atom. The monoisotopic (exact) mass is 381 g/mol. The van der Waals surface area contributed by atoms with Crippen molar-refractivity contribution in [2.45, 2.75) is 11.5 Å². The Bertz CT molecular complexity index is 1050. The quantitative estimate of drug-likeness (QED) is 0.745. The van der Waals surface area contributed by atoms with Crippen LogP contribution in [-0.2, 0) is 16.4 Å². The lowest BCUT2D eigenvalue weighted by Gasteiger charge is -2.07. The molecule has 0 radical (unpaired) electrons. The smallest absolute Gasteiger partial charge is 0.178 e. The minimum Gasteiger partial charge on any atom is -0.388 e. The van der Waals surface area contributed by atoms with Gasteiger partial charge in [0.05, 0.1) is 5.56 Å². The highest BCUT2D eigenvalue weighted by Crippen LogP contribution is 2.36. The maximum absolute atomic E-state index is 14.3. The van der Waals surface area contributed by atoms with Gasteiger partial charge in [-0.1, -0.05) is 35.0 Å². The molecule has 3 rings (SSSR count). The number of aliphatic hydroxyl groups excluding tert-OH is 1. The zero-order chi connectivity index (χ0) is 18.2. The van der Waals surface area contributed by atoms with Crippen molar-refractivity contribution in [2.75, 3.05) is 6.26 Å². The Morgan fingerprint density at radius 1 is 1.20 bits per heavy atom. The lowest BCUT2D eigenvalue weighted by Crippen LogP contribution is -2.01. The fraction of sp³-hybridized carbons (Fsp3) is 0.118. The number of rotatable bonds is 4. The lowest BCUT2D eigenvalue weighted by atomic mass is 9.99. The van der Waals surface area contributed by atoms with Crippen molar-refractivity contribution in [1.82, 2.24) is 5.16 Å². The summed E-state index contributed by atoms with van der Waals surface area (Å²) in [6.07, 6.45) is 0.932. The van der Waals surface area contributed by atoms with Gasteiger partial charge in [0, 0.05) is 16.8 Å². The molecule has 0 fully saturated rings. The molecular formula is C17H13ClFNO4S. The number of hydrogen-bond donors (Lipinski definition) is 1. The van der Waals surface area contributed by atoms with Crippen molar-refractivity contribution in [2.24, 2.45) is 0 Å². The third-order valence-electron chi connectivity index (χ3n) is 3.62. The zero-order valence-electron chi connectivity index (χ0n) is 13.0. The Labute approximate surface area is 148 Å². The molecule has 2 aromatic carbocycles. The molecule has 1 heterocycles. The molecule has 1 N–H and O–H groups in total. The van der Waals surface area contributed by atoms with Gasteiger partial charge in [-0.3, -0.25) is 0 Å². The standard InChI is InChI=1S/C17H13ClFNO4S/c1-25(22,23)15-6-5-10(8-13(15)19)16-14(9-21)24-20-17(16)11-3-2-4-12(18)7-11/h2-8,21H,9H2,1H3. The van der Waals surface area contributed by atoms with Gasteiger partial charge in [-0.15, -0.1) is 0 Å². The van der Waals surface area contributed by atoms with Gasteiger partial charge in [0.15, 0.2) is 15.6 Å². The molecule has 8 heteroatoms. The fourth-order valence-corrected chi connectivity index (χ4v) is 3.44. The molecule has 0 spiro atoms. The van der Waals surface area contributed by atoms with Crippen LogP contribution in [0.1, 0.15) is 5.76 Å². The van der Waals surface area contributed by atoms with E-state index >= 15 is 0 Å². The van der Waals surface area contributed by atoms with E-state index in [9.17, 15) is 17.9 Å². The van der Waals surface area contributed by atoms with Crippen molar-refractivity contribution in [1.29, 1.82) is 0 Å². The SMILES string of the molecule is CS(=O)(=O)c1ccc(-c2c(-c3cccc(Cl)c3)noc2CO)cc1F. The van der Waals surface area contributed by atoms with E-state index in [1.54, 1.807) is 24.3 Å². The van der Waals surface area contributed by atoms with Crippen LogP contribution < -0.4 is 0 Å². The van der Waals surface area contributed by atoms with E-state index in [1.165, 1.54) is 12.1 Å². The van der Waals surface area contributed by atoms with Crippen LogP contribution >= 0.6 is 11.6 Å². The zero-order valence-corrected chi connectivity index (χ0v) is 14.6. The van der Waals surface area contributed by atoms with Crippen LogP contribution in [0.4, 0.5) is 4.39 Å². The normalized spacial score (nSPS) is 11.7. The molecule has 0 bridgehead atoms. The number of aliphatic hydroxyl groups is 1. The van der Waals surface area contributed by atoms with Crippen LogP contribution in [0.15, 0.2) is 51.9 Å². The highest BCUT2D eigenvalue weighted by atomic mass is 35.5. The predicted molar refractivity (Wildman–Crippen MR) is 91.4 cm³/mol. The summed E-state index contributed by atoms with van der Waals surface area (Å²) in [5.74, 6) is -0.747. The molecular weight excluding hydrogens is 369 g/mol. The van der Waals surface area contributed by atoms with Crippen LogP contribution in [-0.4, -0.2) is 24.9 Å². The predicted octanol–water partition coefficient (Wildman–Crippen LogP) is 3.70. The number of hydrogen-bond acceptors (Lipinski definition) is 5. The summed E-state index contributed by atoms with van der Waals surface area (Å²) in [6, 6.07) is 10.5. The fourth-order valence-electron chi connectivity index (χ4n) is 2.52. The summed E-state index contributed by atoms with van der Waals surface area (Å²) < 4.78 is 42.6. The highest BCUT2D eigenvalue weighted by Gasteiger charge is 2.21. The maximum Gasteiger partial charge on any atom is 0.178 e. The molecule has 0 unspecified atom stereocenters. The van der Waals surface area contributed by atoms with Gasteiger partial charge in [-0.2, -0.15) is 0 Å². The largest absolute Gasteiger partial charge is 0.388 e. The van der Waals surface area contributed by atoms with Crippen molar-refractivity contribution in [3.05, 3.63) is 59.1 Å². The minimum atomic E-state index is -3.68. The number of aromatic nitrogens is 1. The van der Waals surface area contributed by atoms with Crippen molar-refractivity contribution < 1.29 is 22.4 Å². The topological polar surface area (TPSA) is 80.4 Å². The Morgan fingerprint density at radius 2 is 1.96 bits per heavy atom.